The Labute approximate surface area is 140 Å². The van der Waals surface area contributed by atoms with Gasteiger partial charge in [-0.2, -0.15) is 0 Å². The van der Waals surface area contributed by atoms with Crippen molar-refractivity contribution in [2.24, 2.45) is 4.99 Å². The van der Waals surface area contributed by atoms with Crippen LogP contribution in [0.5, 0.6) is 5.75 Å². The van der Waals surface area contributed by atoms with E-state index in [1.165, 1.54) is 17.5 Å². The Bertz CT molecular complexity index is 691. The largest absolute Gasteiger partial charge is 0.496 e. The molecule has 1 aliphatic heterocycles. The second kappa shape index (κ2) is 7.39. The normalized spacial score (nSPS) is 16.6. The summed E-state index contributed by atoms with van der Waals surface area (Å²) in [7, 11) is 1.67. The highest BCUT2D eigenvalue weighted by Gasteiger charge is 2.19. The molecule has 1 unspecified atom stereocenters. The molecule has 6 heteroatoms. The van der Waals surface area contributed by atoms with Crippen LogP contribution in [0.4, 0.5) is 0 Å². The highest BCUT2D eigenvalue weighted by atomic mass is 32.2. The van der Waals surface area contributed by atoms with E-state index in [0.29, 0.717) is 5.96 Å². The summed E-state index contributed by atoms with van der Waals surface area (Å²) in [6.07, 6.45) is 0.652. The summed E-state index contributed by atoms with van der Waals surface area (Å²) in [5.74, 6) is 1.42. The van der Waals surface area contributed by atoms with Crippen LogP contribution < -0.4 is 14.9 Å². The topological polar surface area (TPSA) is 54.9 Å². The van der Waals surface area contributed by atoms with E-state index in [-0.39, 0.29) is 6.23 Å². The van der Waals surface area contributed by atoms with E-state index in [2.05, 4.69) is 34.3 Å². The Morgan fingerprint density at radius 2 is 2.09 bits per heavy atom. The lowest BCUT2D eigenvalue weighted by Crippen LogP contribution is -2.27. The predicted octanol–water partition coefficient (Wildman–Crippen LogP) is 3.44. The van der Waals surface area contributed by atoms with Gasteiger partial charge in [-0.1, -0.05) is 43.3 Å². The number of benzene rings is 2. The highest BCUT2D eigenvalue weighted by molar-refractivity contribution is 7.98. The standard InChI is InChI=1S/C17H19N3O2S/c1-3-12-9-10-14(21-2)15(11-12)23-20-17-18-16(22-19-17)13-7-5-4-6-8-13/h4-11,16H,3H2,1-2H3,(H2,18,19,20). The zero-order valence-corrected chi connectivity index (χ0v) is 13.9. The smallest absolute Gasteiger partial charge is 0.229 e. The minimum atomic E-state index is -0.330. The Balaban J connectivity index is 1.67. The molecule has 1 aliphatic rings. The molecule has 0 amide bonds. The third-order valence-electron chi connectivity index (χ3n) is 3.49. The molecular formula is C17H19N3O2S. The van der Waals surface area contributed by atoms with Crippen molar-refractivity contribution in [3.63, 3.8) is 0 Å². The lowest BCUT2D eigenvalue weighted by molar-refractivity contribution is 0.0370. The molecular weight excluding hydrogens is 310 g/mol. The van der Waals surface area contributed by atoms with Crippen LogP contribution in [0.15, 0.2) is 58.4 Å². The average Bonchev–Trinajstić information content (AvgIpc) is 3.09. The first kappa shape index (κ1) is 15.7. The second-order valence-electron chi connectivity index (χ2n) is 5.00. The number of ether oxygens (including phenoxy) is 1. The Morgan fingerprint density at radius 3 is 2.83 bits per heavy atom. The van der Waals surface area contributed by atoms with Gasteiger partial charge in [0.2, 0.25) is 12.2 Å². The van der Waals surface area contributed by atoms with Gasteiger partial charge in [-0.15, -0.1) is 0 Å². The van der Waals surface area contributed by atoms with Gasteiger partial charge >= 0.3 is 0 Å². The summed E-state index contributed by atoms with van der Waals surface area (Å²) < 4.78 is 8.57. The molecule has 0 spiro atoms. The van der Waals surface area contributed by atoms with Crippen molar-refractivity contribution in [2.45, 2.75) is 24.5 Å². The highest BCUT2D eigenvalue weighted by Crippen LogP contribution is 2.29. The molecule has 23 heavy (non-hydrogen) atoms. The molecule has 0 aliphatic carbocycles. The van der Waals surface area contributed by atoms with E-state index in [0.717, 1.165) is 22.6 Å². The first-order valence-electron chi connectivity index (χ1n) is 7.44. The molecule has 120 valence electrons. The van der Waals surface area contributed by atoms with E-state index in [9.17, 15) is 0 Å². The molecule has 5 nitrogen and oxygen atoms in total. The number of hydroxylamine groups is 1. The van der Waals surface area contributed by atoms with Crippen LogP contribution in [-0.2, 0) is 11.3 Å². The van der Waals surface area contributed by atoms with Crippen LogP contribution in [0.2, 0.25) is 0 Å². The SMILES string of the molecule is CCc1ccc(OC)c(SNC2=NC(c3ccccc3)ON2)c1. The number of hydrogen-bond acceptors (Lipinski definition) is 6. The monoisotopic (exact) mass is 329 g/mol. The molecule has 2 N–H and O–H groups in total. The van der Waals surface area contributed by atoms with Gasteiger partial charge in [0, 0.05) is 5.56 Å². The van der Waals surface area contributed by atoms with Gasteiger partial charge in [-0.05, 0) is 36.1 Å². The number of aryl methyl sites for hydroxylation is 1. The van der Waals surface area contributed by atoms with Crippen molar-refractivity contribution in [1.29, 1.82) is 0 Å². The maximum Gasteiger partial charge on any atom is 0.229 e. The van der Waals surface area contributed by atoms with Crippen molar-refractivity contribution < 1.29 is 9.57 Å². The number of methoxy groups -OCH3 is 1. The summed E-state index contributed by atoms with van der Waals surface area (Å²) in [5.41, 5.74) is 5.08. The van der Waals surface area contributed by atoms with Gasteiger partial charge in [0.15, 0.2) is 0 Å². The second-order valence-corrected chi connectivity index (χ2v) is 5.85. The number of nitrogens with one attached hydrogen (secondary N) is 2. The van der Waals surface area contributed by atoms with Crippen LogP contribution in [0, 0.1) is 0 Å². The first-order valence-corrected chi connectivity index (χ1v) is 8.26. The van der Waals surface area contributed by atoms with E-state index in [1.807, 2.05) is 36.4 Å². The third-order valence-corrected chi connectivity index (χ3v) is 4.33. The van der Waals surface area contributed by atoms with Crippen LogP contribution in [0.25, 0.3) is 0 Å². The van der Waals surface area contributed by atoms with Crippen molar-refractivity contribution in [2.75, 3.05) is 7.11 Å². The van der Waals surface area contributed by atoms with Gasteiger partial charge in [0.05, 0.1) is 12.0 Å². The fraction of sp³-hybridized carbons (Fsp3) is 0.235. The van der Waals surface area contributed by atoms with E-state index in [1.54, 1.807) is 7.11 Å². The number of rotatable bonds is 5. The number of aliphatic imine (C=N–C) groups is 1. The first-order chi connectivity index (χ1) is 11.3. The molecule has 2 aromatic carbocycles. The van der Waals surface area contributed by atoms with Gasteiger partial charge in [-0.3, -0.25) is 4.72 Å². The predicted molar refractivity (Wildman–Crippen MR) is 92.2 cm³/mol. The third kappa shape index (κ3) is 3.78. The van der Waals surface area contributed by atoms with Gasteiger partial charge in [0.25, 0.3) is 0 Å². The number of guanidine groups is 1. The molecule has 3 rings (SSSR count). The average molecular weight is 329 g/mol. The molecule has 1 heterocycles. The lowest BCUT2D eigenvalue weighted by atomic mass is 10.2. The molecule has 0 aromatic heterocycles. The van der Waals surface area contributed by atoms with Gasteiger partial charge < -0.3 is 4.74 Å². The van der Waals surface area contributed by atoms with Crippen molar-refractivity contribution in [1.82, 2.24) is 10.2 Å². The Hall–Kier alpha value is -2.18. The van der Waals surface area contributed by atoms with Crippen molar-refractivity contribution in [3.05, 3.63) is 59.7 Å². The summed E-state index contributed by atoms with van der Waals surface area (Å²) in [5, 5.41) is 0. The Kier molecular flexibility index (Phi) is 5.05. The maximum absolute atomic E-state index is 5.48. The summed E-state index contributed by atoms with van der Waals surface area (Å²) >= 11 is 1.45. The molecule has 0 fully saturated rings. The molecule has 0 saturated carbocycles. The maximum atomic E-state index is 5.48. The van der Waals surface area contributed by atoms with Crippen molar-refractivity contribution >= 4 is 17.9 Å². The van der Waals surface area contributed by atoms with Crippen LogP contribution in [0.1, 0.15) is 24.3 Å². The zero-order valence-electron chi connectivity index (χ0n) is 13.1. The van der Waals surface area contributed by atoms with Gasteiger partial charge in [-0.25, -0.2) is 15.3 Å². The number of nitrogens with zero attached hydrogens (tertiary/aromatic N) is 1. The van der Waals surface area contributed by atoms with E-state index >= 15 is 0 Å². The van der Waals surface area contributed by atoms with E-state index in [4.69, 9.17) is 9.57 Å². The number of hydrogen-bond donors (Lipinski definition) is 2. The van der Waals surface area contributed by atoms with Crippen LogP contribution in [0.3, 0.4) is 0 Å². The fourth-order valence-corrected chi connectivity index (χ4v) is 2.98. The lowest BCUT2D eigenvalue weighted by Gasteiger charge is -2.10. The molecule has 0 bridgehead atoms. The zero-order chi connectivity index (χ0) is 16.1. The molecule has 1 atom stereocenters. The van der Waals surface area contributed by atoms with Crippen LogP contribution in [-0.4, -0.2) is 13.1 Å². The summed E-state index contributed by atoms with van der Waals surface area (Å²) in [6, 6.07) is 16.0. The Morgan fingerprint density at radius 1 is 1.26 bits per heavy atom. The van der Waals surface area contributed by atoms with Crippen molar-refractivity contribution in [3.8, 4) is 5.75 Å². The van der Waals surface area contributed by atoms with Crippen LogP contribution >= 0.6 is 11.9 Å². The molecule has 0 saturated heterocycles. The molecule has 0 radical (unpaired) electrons. The summed E-state index contributed by atoms with van der Waals surface area (Å²) in [6.45, 7) is 2.13. The minimum Gasteiger partial charge on any atom is -0.496 e. The quantitative estimate of drug-likeness (QED) is 0.823. The molecule has 2 aromatic rings. The summed E-state index contributed by atoms with van der Waals surface area (Å²) in [4.78, 5) is 11.0. The minimum absolute atomic E-state index is 0.330. The van der Waals surface area contributed by atoms with E-state index < -0.39 is 0 Å². The van der Waals surface area contributed by atoms with Gasteiger partial charge in [0.1, 0.15) is 5.75 Å². The fourth-order valence-electron chi connectivity index (χ4n) is 2.21.